The number of likely N-dealkylation sites (tertiary alicyclic amines) is 1. The zero-order valence-electron chi connectivity index (χ0n) is 17.5. The Hall–Kier alpha value is -2.88. The summed E-state index contributed by atoms with van der Waals surface area (Å²) in [4.78, 5) is 30.7. The average Bonchev–Trinajstić information content (AvgIpc) is 3.29. The second-order valence-electron chi connectivity index (χ2n) is 8.45. The predicted molar refractivity (Wildman–Crippen MR) is 111 cm³/mol. The minimum Gasteiger partial charge on any atom is -0.349 e. The molecule has 2 heterocycles. The number of carbonyl (C=O) groups excluding carboxylic acids is 2. The highest BCUT2D eigenvalue weighted by atomic mass is 19.4. The summed E-state index contributed by atoms with van der Waals surface area (Å²) < 4.78 is 40.5. The molecule has 10 heteroatoms. The number of amides is 2. The van der Waals surface area contributed by atoms with Gasteiger partial charge < -0.3 is 15.2 Å². The Morgan fingerprint density at radius 2 is 1.81 bits per heavy atom. The van der Waals surface area contributed by atoms with Gasteiger partial charge >= 0.3 is 6.18 Å². The van der Waals surface area contributed by atoms with Crippen molar-refractivity contribution in [2.24, 2.45) is 0 Å². The minimum atomic E-state index is -4.53. The largest absolute Gasteiger partial charge is 0.416 e. The third kappa shape index (κ3) is 5.29. The standard InChI is InChI=1S/C22H26F3N5O2/c23-22(24,25)16-3-1-2-15(10-16)21(32)27-11-20(31)28-17-12-30(13-17)19-6-4-18(5-7-19)29-9-8-26-14-29/h1-3,8-10,14,17-19H,4-7,11-13H2,(H,27,32)(H,28,31)/t18-,19+. The number of imidazole rings is 1. The molecule has 1 saturated carbocycles. The molecule has 1 aromatic heterocycles. The molecule has 1 aliphatic carbocycles. The van der Waals surface area contributed by atoms with Crippen molar-refractivity contribution in [1.29, 1.82) is 0 Å². The highest BCUT2D eigenvalue weighted by Gasteiger charge is 2.35. The number of nitrogens with zero attached hydrogens (tertiary/aromatic N) is 3. The van der Waals surface area contributed by atoms with Crippen molar-refractivity contribution >= 4 is 11.8 Å². The van der Waals surface area contributed by atoms with E-state index in [4.69, 9.17) is 0 Å². The van der Waals surface area contributed by atoms with E-state index in [1.54, 1.807) is 6.20 Å². The maximum Gasteiger partial charge on any atom is 0.416 e. The lowest BCUT2D eigenvalue weighted by atomic mass is 9.88. The van der Waals surface area contributed by atoms with Crippen LogP contribution in [-0.4, -0.2) is 58.0 Å². The quantitative estimate of drug-likeness (QED) is 0.711. The first-order valence-electron chi connectivity index (χ1n) is 10.8. The van der Waals surface area contributed by atoms with Crippen LogP contribution in [0.15, 0.2) is 43.0 Å². The molecule has 172 valence electrons. The van der Waals surface area contributed by atoms with E-state index < -0.39 is 17.6 Å². The van der Waals surface area contributed by atoms with E-state index in [0.29, 0.717) is 12.1 Å². The first-order valence-corrected chi connectivity index (χ1v) is 10.8. The molecule has 1 saturated heterocycles. The molecule has 1 aromatic carbocycles. The first kappa shape index (κ1) is 22.3. The number of rotatable bonds is 6. The molecule has 0 unspecified atom stereocenters. The lowest BCUT2D eigenvalue weighted by molar-refractivity contribution is -0.137. The molecule has 2 amide bonds. The van der Waals surface area contributed by atoms with Gasteiger partial charge in [-0.1, -0.05) is 6.07 Å². The van der Waals surface area contributed by atoms with Gasteiger partial charge in [0.2, 0.25) is 5.91 Å². The Morgan fingerprint density at radius 3 is 2.47 bits per heavy atom. The summed E-state index contributed by atoms with van der Waals surface area (Å²) in [5.74, 6) is -1.06. The molecule has 0 bridgehead atoms. The number of nitrogens with one attached hydrogen (secondary N) is 2. The maximum absolute atomic E-state index is 12.8. The normalized spacial score (nSPS) is 22.2. The van der Waals surface area contributed by atoms with Gasteiger partial charge in [-0.2, -0.15) is 13.2 Å². The van der Waals surface area contributed by atoms with Gasteiger partial charge in [-0.15, -0.1) is 0 Å². The summed E-state index contributed by atoms with van der Waals surface area (Å²) >= 11 is 0. The van der Waals surface area contributed by atoms with Crippen LogP contribution in [0, 0.1) is 0 Å². The molecule has 0 radical (unpaired) electrons. The third-order valence-corrected chi connectivity index (χ3v) is 6.27. The number of alkyl halides is 3. The molecule has 0 atom stereocenters. The van der Waals surface area contributed by atoms with Crippen molar-refractivity contribution in [1.82, 2.24) is 25.1 Å². The van der Waals surface area contributed by atoms with Gasteiger partial charge in [0.25, 0.3) is 5.91 Å². The van der Waals surface area contributed by atoms with Crippen molar-refractivity contribution in [2.45, 2.75) is 50.0 Å². The molecule has 1 aliphatic heterocycles. The molecule has 4 rings (SSSR count). The molecule has 32 heavy (non-hydrogen) atoms. The van der Waals surface area contributed by atoms with Crippen LogP contribution < -0.4 is 10.6 Å². The maximum atomic E-state index is 12.8. The van der Waals surface area contributed by atoms with Gasteiger partial charge in [-0.25, -0.2) is 4.98 Å². The predicted octanol–water partition coefficient (Wildman–Crippen LogP) is 2.62. The number of hydrogen-bond acceptors (Lipinski definition) is 4. The van der Waals surface area contributed by atoms with E-state index >= 15 is 0 Å². The molecule has 2 N–H and O–H groups in total. The highest BCUT2D eigenvalue weighted by Crippen LogP contribution is 2.32. The van der Waals surface area contributed by atoms with Gasteiger partial charge in [0.15, 0.2) is 0 Å². The summed E-state index contributed by atoms with van der Waals surface area (Å²) in [5, 5.41) is 5.26. The van der Waals surface area contributed by atoms with E-state index in [9.17, 15) is 22.8 Å². The zero-order valence-corrected chi connectivity index (χ0v) is 17.5. The Kier molecular flexibility index (Phi) is 6.50. The summed E-state index contributed by atoms with van der Waals surface area (Å²) in [6.45, 7) is 1.27. The molecular formula is C22H26F3N5O2. The van der Waals surface area contributed by atoms with E-state index in [-0.39, 0.29) is 24.1 Å². The number of benzene rings is 1. The lowest BCUT2D eigenvalue weighted by Crippen LogP contribution is -2.63. The molecule has 7 nitrogen and oxygen atoms in total. The van der Waals surface area contributed by atoms with Crippen LogP contribution in [0.3, 0.4) is 0 Å². The van der Waals surface area contributed by atoms with Crippen LogP contribution in [0.4, 0.5) is 13.2 Å². The molecule has 2 fully saturated rings. The number of halogens is 3. The number of aromatic nitrogens is 2. The van der Waals surface area contributed by atoms with Crippen LogP contribution in [-0.2, 0) is 11.0 Å². The van der Waals surface area contributed by atoms with Crippen LogP contribution in [0.5, 0.6) is 0 Å². The van der Waals surface area contributed by atoms with Crippen molar-refractivity contribution in [2.75, 3.05) is 19.6 Å². The van der Waals surface area contributed by atoms with Crippen LogP contribution in [0.25, 0.3) is 0 Å². The van der Waals surface area contributed by atoms with Gasteiger partial charge in [0, 0.05) is 43.1 Å². The fourth-order valence-corrected chi connectivity index (χ4v) is 4.49. The van der Waals surface area contributed by atoms with Crippen LogP contribution >= 0.6 is 0 Å². The van der Waals surface area contributed by atoms with Crippen LogP contribution in [0.1, 0.15) is 47.6 Å². The van der Waals surface area contributed by atoms with Gasteiger partial charge in [-0.05, 0) is 43.9 Å². The Morgan fingerprint density at radius 1 is 1.09 bits per heavy atom. The lowest BCUT2D eigenvalue weighted by Gasteiger charge is -2.46. The van der Waals surface area contributed by atoms with Gasteiger partial charge in [-0.3, -0.25) is 14.5 Å². The van der Waals surface area contributed by atoms with E-state index in [1.165, 1.54) is 12.1 Å². The van der Waals surface area contributed by atoms with Gasteiger partial charge in [0.05, 0.1) is 24.5 Å². The second-order valence-corrected chi connectivity index (χ2v) is 8.45. The smallest absolute Gasteiger partial charge is 0.349 e. The molecule has 2 aliphatic rings. The fourth-order valence-electron chi connectivity index (χ4n) is 4.49. The topological polar surface area (TPSA) is 79.3 Å². The Bertz CT molecular complexity index is 933. The minimum absolute atomic E-state index is 0.0272. The summed E-state index contributed by atoms with van der Waals surface area (Å²) in [6, 6.07) is 5.18. The van der Waals surface area contributed by atoms with Gasteiger partial charge in [0.1, 0.15) is 0 Å². The first-order chi connectivity index (χ1) is 15.3. The third-order valence-electron chi connectivity index (χ3n) is 6.27. The van der Waals surface area contributed by atoms with E-state index in [0.717, 1.165) is 50.9 Å². The molecular weight excluding hydrogens is 423 g/mol. The highest BCUT2D eigenvalue weighted by molar-refractivity contribution is 5.96. The van der Waals surface area contributed by atoms with Crippen molar-refractivity contribution in [3.63, 3.8) is 0 Å². The Labute approximate surface area is 184 Å². The van der Waals surface area contributed by atoms with E-state index in [1.807, 2.05) is 12.5 Å². The van der Waals surface area contributed by atoms with Crippen molar-refractivity contribution < 1.29 is 22.8 Å². The van der Waals surface area contributed by atoms with Crippen LogP contribution in [0.2, 0.25) is 0 Å². The summed E-state index contributed by atoms with van der Waals surface area (Å²) in [7, 11) is 0. The average molecular weight is 449 g/mol. The van der Waals surface area contributed by atoms with E-state index in [2.05, 4.69) is 25.1 Å². The Balaban J connectivity index is 1.15. The SMILES string of the molecule is O=C(CNC(=O)c1cccc(C(F)(F)F)c1)NC1CN([C@H]2CC[C@@H](n3ccnc3)CC2)C1. The molecule has 0 spiro atoms. The monoisotopic (exact) mass is 449 g/mol. The summed E-state index contributed by atoms with van der Waals surface area (Å²) in [6.07, 6.45) is 5.58. The zero-order chi connectivity index (χ0) is 22.7. The van der Waals surface area contributed by atoms with Crippen molar-refractivity contribution in [3.05, 3.63) is 54.1 Å². The number of carbonyl (C=O) groups is 2. The fraction of sp³-hybridized carbons (Fsp3) is 0.500. The second kappa shape index (κ2) is 9.32. The molecule has 2 aromatic rings. The summed E-state index contributed by atoms with van der Waals surface area (Å²) in [5.41, 5.74) is -1.03. The van der Waals surface area contributed by atoms with Crippen molar-refractivity contribution in [3.8, 4) is 0 Å². The number of hydrogen-bond donors (Lipinski definition) is 2.